The lowest BCUT2D eigenvalue weighted by molar-refractivity contribution is -0.116. The molecule has 1 aromatic carbocycles. The number of carbonyl (C=O) groups is 1. The Morgan fingerprint density at radius 1 is 1.29 bits per heavy atom. The van der Waals surface area contributed by atoms with Gasteiger partial charge >= 0.3 is 0 Å². The van der Waals surface area contributed by atoms with E-state index in [1.165, 1.54) is 19.4 Å². The Hall–Kier alpha value is -1.38. The molecule has 2 nitrogen and oxygen atoms in total. The van der Waals surface area contributed by atoms with Crippen LogP contribution in [0.15, 0.2) is 18.2 Å². The Morgan fingerprint density at radius 2 is 2.00 bits per heavy atom. The fraction of sp³-hybridized carbons (Fsp3) is 0.500. The molecule has 17 heavy (non-hydrogen) atoms. The highest BCUT2D eigenvalue weighted by Crippen LogP contribution is 2.24. The number of piperidine rings is 1. The fourth-order valence-electron chi connectivity index (χ4n) is 2.34. The van der Waals surface area contributed by atoms with E-state index >= 15 is 0 Å². The van der Waals surface area contributed by atoms with Crippen LogP contribution in [0.1, 0.15) is 31.7 Å². The maximum atomic E-state index is 13.9. The summed E-state index contributed by atoms with van der Waals surface area (Å²) in [5, 5.41) is 0. The van der Waals surface area contributed by atoms with Gasteiger partial charge in [-0.3, -0.25) is 4.79 Å². The number of hydrogen-bond donors (Lipinski definition) is 0. The molecule has 1 heterocycles. The van der Waals surface area contributed by atoms with Crippen molar-refractivity contribution in [2.45, 2.75) is 32.6 Å². The van der Waals surface area contributed by atoms with Gasteiger partial charge in [0, 0.05) is 19.5 Å². The molecule has 0 N–H and O–H groups in total. The minimum atomic E-state index is -0.203. The minimum Gasteiger partial charge on any atom is -0.369 e. The number of carbonyl (C=O) groups excluding carboxylic acids is 1. The first-order valence-electron chi connectivity index (χ1n) is 6.19. The third kappa shape index (κ3) is 3.05. The largest absolute Gasteiger partial charge is 0.369 e. The second kappa shape index (κ2) is 5.30. The van der Waals surface area contributed by atoms with Crippen molar-refractivity contribution in [2.75, 3.05) is 18.0 Å². The highest BCUT2D eigenvalue weighted by atomic mass is 19.1. The summed E-state index contributed by atoms with van der Waals surface area (Å²) in [4.78, 5) is 13.1. The third-order valence-corrected chi connectivity index (χ3v) is 3.16. The van der Waals surface area contributed by atoms with E-state index in [2.05, 4.69) is 4.90 Å². The normalized spacial score (nSPS) is 16.0. The molecule has 0 spiro atoms. The summed E-state index contributed by atoms with van der Waals surface area (Å²) < 4.78 is 13.9. The van der Waals surface area contributed by atoms with Crippen LogP contribution in [0.5, 0.6) is 0 Å². The van der Waals surface area contributed by atoms with E-state index in [9.17, 15) is 9.18 Å². The van der Waals surface area contributed by atoms with E-state index < -0.39 is 0 Å². The number of Topliss-reactive ketones (excluding diaryl/α,β-unsaturated/α-hetero) is 1. The summed E-state index contributed by atoms with van der Waals surface area (Å²) in [5.41, 5.74) is 1.44. The van der Waals surface area contributed by atoms with Crippen molar-refractivity contribution in [3.63, 3.8) is 0 Å². The molecule has 0 saturated carbocycles. The van der Waals surface area contributed by atoms with Crippen molar-refractivity contribution < 1.29 is 9.18 Å². The van der Waals surface area contributed by atoms with Crippen molar-refractivity contribution in [1.82, 2.24) is 0 Å². The zero-order valence-corrected chi connectivity index (χ0v) is 10.2. The Labute approximate surface area is 101 Å². The van der Waals surface area contributed by atoms with Gasteiger partial charge in [0.2, 0.25) is 0 Å². The molecule has 0 unspecified atom stereocenters. The molecule has 0 aromatic heterocycles. The molecule has 1 aromatic rings. The zero-order valence-electron chi connectivity index (χ0n) is 10.2. The average molecular weight is 235 g/mol. The molecule has 0 aliphatic carbocycles. The Bertz CT molecular complexity index is 411. The van der Waals surface area contributed by atoms with Crippen LogP contribution < -0.4 is 4.90 Å². The number of rotatable bonds is 3. The average Bonchev–Trinajstić information content (AvgIpc) is 2.29. The number of hydrogen-bond acceptors (Lipinski definition) is 2. The molecule has 0 amide bonds. The number of ketones is 1. The van der Waals surface area contributed by atoms with Crippen LogP contribution in [0.3, 0.4) is 0 Å². The first-order valence-corrected chi connectivity index (χ1v) is 6.19. The Balaban J connectivity index is 2.15. The molecule has 0 atom stereocenters. The van der Waals surface area contributed by atoms with Gasteiger partial charge in [-0.25, -0.2) is 4.39 Å². The van der Waals surface area contributed by atoms with Crippen LogP contribution in [0.2, 0.25) is 0 Å². The van der Waals surface area contributed by atoms with Gasteiger partial charge in [0.25, 0.3) is 0 Å². The molecular formula is C14H18FNO. The molecule has 92 valence electrons. The lowest BCUT2D eigenvalue weighted by atomic mass is 10.1. The highest BCUT2D eigenvalue weighted by molar-refractivity contribution is 5.78. The molecule has 1 aliphatic rings. The van der Waals surface area contributed by atoms with Gasteiger partial charge in [-0.2, -0.15) is 0 Å². The van der Waals surface area contributed by atoms with Crippen LogP contribution in [-0.4, -0.2) is 18.9 Å². The van der Waals surface area contributed by atoms with E-state index in [-0.39, 0.29) is 11.6 Å². The summed E-state index contributed by atoms with van der Waals surface area (Å²) in [6, 6.07) is 5.15. The monoisotopic (exact) mass is 235 g/mol. The van der Waals surface area contributed by atoms with Gasteiger partial charge in [-0.05, 0) is 43.9 Å². The van der Waals surface area contributed by atoms with E-state index in [1.807, 2.05) is 6.07 Å². The Kier molecular flexibility index (Phi) is 3.77. The smallest absolute Gasteiger partial charge is 0.146 e. The van der Waals surface area contributed by atoms with Gasteiger partial charge in [0.1, 0.15) is 11.6 Å². The molecule has 3 heteroatoms. The van der Waals surface area contributed by atoms with Crippen LogP contribution >= 0.6 is 0 Å². The van der Waals surface area contributed by atoms with Crippen molar-refractivity contribution in [3.05, 3.63) is 29.6 Å². The third-order valence-electron chi connectivity index (χ3n) is 3.16. The second-order valence-corrected chi connectivity index (χ2v) is 4.71. The lowest BCUT2D eigenvalue weighted by Gasteiger charge is -2.29. The van der Waals surface area contributed by atoms with Gasteiger partial charge in [0.15, 0.2) is 0 Å². The van der Waals surface area contributed by atoms with Crippen LogP contribution in [0.4, 0.5) is 10.1 Å². The van der Waals surface area contributed by atoms with Crippen molar-refractivity contribution in [2.24, 2.45) is 0 Å². The van der Waals surface area contributed by atoms with Gasteiger partial charge in [-0.1, -0.05) is 6.07 Å². The number of anilines is 1. The number of halogens is 1. The second-order valence-electron chi connectivity index (χ2n) is 4.71. The molecule has 0 bridgehead atoms. The summed E-state index contributed by atoms with van der Waals surface area (Å²) >= 11 is 0. The molecule has 2 rings (SSSR count). The van der Waals surface area contributed by atoms with Crippen molar-refractivity contribution in [3.8, 4) is 0 Å². The Morgan fingerprint density at radius 3 is 2.59 bits per heavy atom. The van der Waals surface area contributed by atoms with Crippen LogP contribution in [-0.2, 0) is 11.2 Å². The lowest BCUT2D eigenvalue weighted by Crippen LogP contribution is -2.30. The van der Waals surface area contributed by atoms with E-state index in [1.54, 1.807) is 6.07 Å². The molecular weight excluding hydrogens is 217 g/mol. The summed E-state index contributed by atoms with van der Waals surface area (Å²) in [7, 11) is 0. The van der Waals surface area contributed by atoms with Crippen LogP contribution in [0.25, 0.3) is 0 Å². The number of benzene rings is 1. The van der Waals surface area contributed by atoms with E-state index in [0.717, 1.165) is 31.5 Å². The first kappa shape index (κ1) is 12.1. The van der Waals surface area contributed by atoms with Gasteiger partial charge in [0.05, 0.1) is 5.69 Å². The summed E-state index contributed by atoms with van der Waals surface area (Å²) in [6.07, 6.45) is 3.82. The number of nitrogens with zero attached hydrogens (tertiary/aromatic N) is 1. The van der Waals surface area contributed by atoms with Crippen molar-refractivity contribution in [1.29, 1.82) is 0 Å². The first-order chi connectivity index (χ1) is 8.16. The predicted molar refractivity (Wildman–Crippen MR) is 66.8 cm³/mol. The molecule has 1 fully saturated rings. The highest BCUT2D eigenvalue weighted by Gasteiger charge is 2.15. The zero-order chi connectivity index (χ0) is 12.3. The fourth-order valence-corrected chi connectivity index (χ4v) is 2.34. The molecule has 1 aliphatic heterocycles. The topological polar surface area (TPSA) is 20.3 Å². The minimum absolute atomic E-state index is 0.0649. The van der Waals surface area contributed by atoms with E-state index in [4.69, 9.17) is 0 Å². The van der Waals surface area contributed by atoms with E-state index in [0.29, 0.717) is 12.1 Å². The van der Waals surface area contributed by atoms with Gasteiger partial charge < -0.3 is 4.90 Å². The maximum absolute atomic E-state index is 13.9. The summed E-state index contributed by atoms with van der Waals surface area (Å²) in [6.45, 7) is 3.39. The summed E-state index contributed by atoms with van der Waals surface area (Å²) in [5.74, 6) is -0.138. The van der Waals surface area contributed by atoms with Crippen LogP contribution in [0, 0.1) is 5.82 Å². The molecule has 1 saturated heterocycles. The quantitative estimate of drug-likeness (QED) is 0.802. The molecule has 0 radical (unpaired) electrons. The van der Waals surface area contributed by atoms with Crippen molar-refractivity contribution >= 4 is 11.5 Å². The predicted octanol–water partition coefficient (Wildman–Crippen LogP) is 2.95. The maximum Gasteiger partial charge on any atom is 0.146 e. The standard InChI is InChI=1S/C14H18FNO/c1-11(17)9-12-5-6-14(13(15)10-12)16-7-3-2-4-8-16/h5-6,10H,2-4,7-9H2,1H3. The SMILES string of the molecule is CC(=O)Cc1ccc(N2CCCCC2)c(F)c1. The van der Waals surface area contributed by atoms with Gasteiger partial charge in [-0.15, -0.1) is 0 Å².